The maximum atomic E-state index is 13.0. The van der Waals surface area contributed by atoms with E-state index in [9.17, 15) is 8.78 Å². The van der Waals surface area contributed by atoms with Gasteiger partial charge in [0.05, 0.1) is 5.57 Å². The van der Waals surface area contributed by atoms with Crippen LogP contribution in [0.2, 0.25) is 0 Å². The van der Waals surface area contributed by atoms with Gasteiger partial charge in [0.2, 0.25) is 0 Å². The Morgan fingerprint density at radius 3 is 1.28 bits per heavy atom. The maximum Gasteiger partial charge on any atom is 0.278 e. The quantitative estimate of drug-likeness (QED) is 0.849. The van der Waals surface area contributed by atoms with Gasteiger partial charge in [-0.1, -0.05) is 24.3 Å². The molecule has 2 aromatic carbocycles. The first-order valence-corrected chi connectivity index (χ1v) is 5.22. The lowest BCUT2D eigenvalue weighted by Crippen LogP contribution is -1.89. The van der Waals surface area contributed by atoms with Crippen LogP contribution in [-0.2, 0) is 0 Å². The van der Waals surface area contributed by atoms with Crippen LogP contribution < -0.4 is 0 Å². The number of halogens is 2. The first kappa shape index (κ1) is 12.1. The van der Waals surface area contributed by atoms with E-state index < -0.39 is 6.08 Å². The zero-order valence-electron chi connectivity index (χ0n) is 9.27. The summed E-state index contributed by atoms with van der Waals surface area (Å²) >= 11 is 0. The first-order valence-electron chi connectivity index (χ1n) is 5.22. The second kappa shape index (κ2) is 4.87. The molecular weight excluding hydrogens is 238 g/mol. The number of aromatic hydroxyl groups is 2. The third kappa shape index (κ3) is 2.48. The van der Waals surface area contributed by atoms with E-state index in [4.69, 9.17) is 10.2 Å². The van der Waals surface area contributed by atoms with Gasteiger partial charge in [0.25, 0.3) is 6.08 Å². The molecule has 2 nitrogen and oxygen atoms in total. The third-order valence-corrected chi connectivity index (χ3v) is 2.50. The molecule has 2 aromatic rings. The Hall–Kier alpha value is -2.36. The molecule has 0 bridgehead atoms. The maximum absolute atomic E-state index is 13.0. The number of hydrogen-bond acceptors (Lipinski definition) is 2. The van der Waals surface area contributed by atoms with Crippen molar-refractivity contribution in [1.29, 1.82) is 0 Å². The van der Waals surface area contributed by atoms with Gasteiger partial charge < -0.3 is 10.2 Å². The van der Waals surface area contributed by atoms with Crippen LogP contribution >= 0.6 is 0 Å². The highest BCUT2D eigenvalue weighted by Crippen LogP contribution is 2.30. The van der Waals surface area contributed by atoms with Crippen molar-refractivity contribution in [1.82, 2.24) is 0 Å². The van der Waals surface area contributed by atoms with Gasteiger partial charge in [-0.15, -0.1) is 0 Å². The van der Waals surface area contributed by atoms with E-state index in [2.05, 4.69) is 0 Å². The zero-order valence-corrected chi connectivity index (χ0v) is 9.27. The van der Waals surface area contributed by atoms with Crippen molar-refractivity contribution in [3.63, 3.8) is 0 Å². The molecule has 18 heavy (non-hydrogen) atoms. The topological polar surface area (TPSA) is 40.5 Å². The highest BCUT2D eigenvalue weighted by atomic mass is 19.3. The molecule has 0 saturated carbocycles. The minimum Gasteiger partial charge on any atom is -0.508 e. The van der Waals surface area contributed by atoms with Gasteiger partial charge in [-0.25, -0.2) is 0 Å². The van der Waals surface area contributed by atoms with Gasteiger partial charge in [-0.05, 0) is 35.4 Å². The molecule has 2 N–H and O–H groups in total. The molecule has 0 heterocycles. The van der Waals surface area contributed by atoms with E-state index >= 15 is 0 Å². The third-order valence-electron chi connectivity index (χ3n) is 2.50. The second-order valence-corrected chi connectivity index (χ2v) is 3.73. The Labute approximate surface area is 102 Å². The van der Waals surface area contributed by atoms with Crippen LogP contribution in [0.4, 0.5) is 8.78 Å². The monoisotopic (exact) mass is 248 g/mol. The molecule has 0 unspecified atom stereocenters. The van der Waals surface area contributed by atoms with E-state index in [-0.39, 0.29) is 17.1 Å². The summed E-state index contributed by atoms with van der Waals surface area (Å²) in [6, 6.07) is 11.0. The van der Waals surface area contributed by atoms with Crippen LogP contribution in [0.15, 0.2) is 54.6 Å². The summed E-state index contributed by atoms with van der Waals surface area (Å²) in [5, 5.41) is 18.3. The Morgan fingerprint density at radius 1 is 0.667 bits per heavy atom. The first-order chi connectivity index (χ1) is 8.58. The van der Waals surface area contributed by atoms with Crippen molar-refractivity contribution in [3.05, 3.63) is 65.7 Å². The van der Waals surface area contributed by atoms with Gasteiger partial charge in [0, 0.05) is 0 Å². The molecule has 0 amide bonds. The molecule has 4 heteroatoms. The van der Waals surface area contributed by atoms with Gasteiger partial charge in [-0.2, -0.15) is 8.78 Å². The summed E-state index contributed by atoms with van der Waals surface area (Å²) in [6.45, 7) is 0. The lowest BCUT2D eigenvalue weighted by molar-refractivity contribution is 0.426. The van der Waals surface area contributed by atoms with Crippen molar-refractivity contribution >= 4 is 5.57 Å². The molecule has 0 radical (unpaired) electrons. The fourth-order valence-electron chi connectivity index (χ4n) is 1.64. The standard InChI is InChI=1S/C14H10F2O2/c15-14(16)13(9-1-5-11(17)6-2-9)10-3-7-12(18)8-4-10/h1-8,17-18H. The Kier molecular flexibility index (Phi) is 3.28. The summed E-state index contributed by atoms with van der Waals surface area (Å²) in [5.74, 6) is 0.0335. The van der Waals surface area contributed by atoms with E-state index in [0.717, 1.165) is 0 Å². The molecule has 0 aliphatic heterocycles. The number of phenolic OH excluding ortho intramolecular Hbond substituents is 2. The predicted molar refractivity (Wildman–Crippen MR) is 64.5 cm³/mol. The number of hydrogen-bond donors (Lipinski definition) is 2. The van der Waals surface area contributed by atoms with Gasteiger partial charge >= 0.3 is 0 Å². The fraction of sp³-hybridized carbons (Fsp3) is 0. The minimum absolute atomic E-state index is 0.0167. The average Bonchev–Trinajstić information content (AvgIpc) is 2.34. The van der Waals surface area contributed by atoms with Crippen LogP contribution in [0.5, 0.6) is 11.5 Å². The smallest absolute Gasteiger partial charge is 0.278 e. The molecule has 0 aromatic heterocycles. The van der Waals surface area contributed by atoms with E-state index in [1.54, 1.807) is 0 Å². The summed E-state index contributed by atoms with van der Waals surface area (Å²) in [7, 11) is 0. The zero-order chi connectivity index (χ0) is 13.1. The SMILES string of the molecule is Oc1ccc(C(=C(F)F)c2ccc(O)cc2)cc1. The van der Waals surface area contributed by atoms with Crippen LogP contribution in [0, 0.1) is 0 Å². The van der Waals surface area contributed by atoms with E-state index in [0.29, 0.717) is 11.1 Å². The second-order valence-electron chi connectivity index (χ2n) is 3.73. The summed E-state index contributed by atoms with van der Waals surface area (Å²) in [6.07, 6.45) is -1.81. The van der Waals surface area contributed by atoms with Crippen LogP contribution in [0.3, 0.4) is 0 Å². The van der Waals surface area contributed by atoms with Crippen molar-refractivity contribution in [2.75, 3.05) is 0 Å². The lowest BCUT2D eigenvalue weighted by atomic mass is 9.99. The summed E-state index contributed by atoms with van der Waals surface area (Å²) < 4.78 is 26.1. The molecule has 2 rings (SSSR count). The largest absolute Gasteiger partial charge is 0.508 e. The molecule has 0 aliphatic carbocycles. The van der Waals surface area contributed by atoms with E-state index in [1.165, 1.54) is 48.5 Å². The van der Waals surface area contributed by atoms with Crippen molar-refractivity contribution in [2.45, 2.75) is 0 Å². The Morgan fingerprint density at radius 2 is 1.00 bits per heavy atom. The molecule has 92 valence electrons. The highest BCUT2D eigenvalue weighted by molar-refractivity contribution is 5.80. The lowest BCUT2D eigenvalue weighted by Gasteiger charge is -2.07. The molecule has 0 saturated heterocycles. The minimum atomic E-state index is -1.81. The predicted octanol–water partition coefficient (Wildman–Crippen LogP) is 3.75. The summed E-state index contributed by atoms with van der Waals surface area (Å²) in [4.78, 5) is 0. The Balaban J connectivity index is 2.51. The van der Waals surface area contributed by atoms with Crippen LogP contribution in [-0.4, -0.2) is 10.2 Å². The molecule has 0 fully saturated rings. The number of rotatable bonds is 2. The van der Waals surface area contributed by atoms with Gasteiger partial charge in [0.1, 0.15) is 11.5 Å². The molecular formula is C14H10F2O2. The highest BCUT2D eigenvalue weighted by Gasteiger charge is 2.12. The Bertz CT molecular complexity index is 520. The van der Waals surface area contributed by atoms with Crippen molar-refractivity contribution < 1.29 is 19.0 Å². The van der Waals surface area contributed by atoms with Crippen molar-refractivity contribution in [3.8, 4) is 11.5 Å². The molecule has 0 spiro atoms. The van der Waals surface area contributed by atoms with Crippen LogP contribution in [0.1, 0.15) is 11.1 Å². The fourth-order valence-corrected chi connectivity index (χ4v) is 1.64. The number of phenols is 2. The van der Waals surface area contributed by atoms with E-state index in [1.807, 2.05) is 0 Å². The molecule has 0 atom stereocenters. The van der Waals surface area contributed by atoms with Gasteiger partial charge in [-0.3, -0.25) is 0 Å². The normalized spacial score (nSPS) is 10.1. The molecule has 0 aliphatic rings. The summed E-state index contributed by atoms with van der Waals surface area (Å²) in [5.41, 5.74) is 0.395. The van der Waals surface area contributed by atoms with Gasteiger partial charge in [0.15, 0.2) is 0 Å². The van der Waals surface area contributed by atoms with Crippen LogP contribution in [0.25, 0.3) is 5.57 Å². The number of benzene rings is 2. The van der Waals surface area contributed by atoms with Crippen molar-refractivity contribution in [2.24, 2.45) is 0 Å². The average molecular weight is 248 g/mol.